The Kier molecular flexibility index (Phi) is 4.30. The van der Waals surface area contributed by atoms with Crippen LogP contribution in [0.4, 0.5) is 5.69 Å². The van der Waals surface area contributed by atoms with Gasteiger partial charge in [0.1, 0.15) is 5.02 Å². The molecule has 0 aromatic carbocycles. The van der Waals surface area contributed by atoms with E-state index in [0.29, 0.717) is 18.7 Å². The van der Waals surface area contributed by atoms with Crippen LogP contribution in [0.15, 0.2) is 11.0 Å². The second kappa shape index (κ2) is 5.50. The van der Waals surface area contributed by atoms with Crippen molar-refractivity contribution in [3.05, 3.63) is 21.6 Å². The molecule has 1 rings (SSSR count). The molecule has 0 radical (unpaired) electrons. The molecule has 6 nitrogen and oxygen atoms in total. The summed E-state index contributed by atoms with van der Waals surface area (Å²) in [4.78, 5) is 21.6. The van der Waals surface area contributed by atoms with Gasteiger partial charge in [-0.15, -0.1) is 0 Å². The van der Waals surface area contributed by atoms with Gasteiger partial charge in [0.2, 0.25) is 0 Å². The zero-order valence-electron chi connectivity index (χ0n) is 8.73. The van der Waals surface area contributed by atoms with E-state index in [2.05, 4.69) is 10.4 Å². The van der Waals surface area contributed by atoms with E-state index < -0.39 is 5.97 Å². The van der Waals surface area contributed by atoms with Crippen LogP contribution < -0.4 is 10.9 Å². The summed E-state index contributed by atoms with van der Waals surface area (Å²) in [6, 6.07) is 0. The first-order chi connectivity index (χ1) is 7.52. The minimum absolute atomic E-state index is 0.0628. The standard InChI is InChI=1S/C9H12ClN3O3/c1-13-9(16)8(10)6(5-12-13)11-4-2-3-7(14)15/h5,11H,2-4H2,1H3,(H,14,15). The van der Waals surface area contributed by atoms with Gasteiger partial charge in [-0.2, -0.15) is 5.10 Å². The van der Waals surface area contributed by atoms with Gasteiger partial charge in [-0.3, -0.25) is 9.59 Å². The van der Waals surface area contributed by atoms with E-state index in [4.69, 9.17) is 16.7 Å². The van der Waals surface area contributed by atoms with Gasteiger partial charge < -0.3 is 10.4 Å². The fourth-order valence-electron chi connectivity index (χ4n) is 1.10. The van der Waals surface area contributed by atoms with Crippen molar-refractivity contribution in [3.63, 3.8) is 0 Å². The normalized spacial score (nSPS) is 10.1. The molecule has 88 valence electrons. The van der Waals surface area contributed by atoms with Crippen molar-refractivity contribution in [1.29, 1.82) is 0 Å². The Morgan fingerprint density at radius 2 is 2.38 bits per heavy atom. The molecule has 7 heteroatoms. The number of nitrogens with zero attached hydrogens (tertiary/aromatic N) is 2. The Labute approximate surface area is 96.8 Å². The second-order valence-corrected chi connectivity index (χ2v) is 3.60. The van der Waals surface area contributed by atoms with Crippen molar-refractivity contribution in [2.45, 2.75) is 12.8 Å². The molecule has 1 heterocycles. The van der Waals surface area contributed by atoms with Crippen molar-refractivity contribution in [2.24, 2.45) is 7.05 Å². The maximum atomic E-state index is 11.4. The summed E-state index contributed by atoms with van der Waals surface area (Å²) in [5.74, 6) is -0.852. The van der Waals surface area contributed by atoms with Gasteiger partial charge in [0.15, 0.2) is 0 Å². The summed E-state index contributed by atoms with van der Waals surface area (Å²) in [6.45, 7) is 0.431. The molecule has 0 aliphatic heterocycles. The highest BCUT2D eigenvalue weighted by Gasteiger charge is 2.06. The van der Waals surface area contributed by atoms with Crippen LogP contribution >= 0.6 is 11.6 Å². The zero-order chi connectivity index (χ0) is 12.1. The van der Waals surface area contributed by atoms with Crippen LogP contribution in [0.1, 0.15) is 12.8 Å². The van der Waals surface area contributed by atoms with Crippen molar-refractivity contribution in [1.82, 2.24) is 9.78 Å². The number of nitrogens with one attached hydrogen (secondary N) is 1. The van der Waals surface area contributed by atoms with Gasteiger partial charge in [-0.1, -0.05) is 11.6 Å². The topological polar surface area (TPSA) is 84.2 Å². The lowest BCUT2D eigenvalue weighted by molar-refractivity contribution is -0.137. The minimum Gasteiger partial charge on any atom is -0.481 e. The van der Waals surface area contributed by atoms with E-state index in [-0.39, 0.29) is 17.0 Å². The Morgan fingerprint density at radius 3 is 3.00 bits per heavy atom. The van der Waals surface area contributed by atoms with Crippen molar-refractivity contribution in [3.8, 4) is 0 Å². The highest BCUT2D eigenvalue weighted by Crippen LogP contribution is 2.14. The summed E-state index contributed by atoms with van der Waals surface area (Å²) in [6.07, 6.45) is 1.97. The molecular formula is C9H12ClN3O3. The third-order valence-electron chi connectivity index (χ3n) is 1.96. The fraction of sp³-hybridized carbons (Fsp3) is 0.444. The van der Waals surface area contributed by atoms with Crippen LogP contribution in [0, 0.1) is 0 Å². The van der Waals surface area contributed by atoms with Gasteiger partial charge in [0.25, 0.3) is 5.56 Å². The summed E-state index contributed by atoms with van der Waals surface area (Å²) >= 11 is 5.79. The molecule has 0 aliphatic carbocycles. The van der Waals surface area contributed by atoms with Crippen LogP contribution in [-0.2, 0) is 11.8 Å². The van der Waals surface area contributed by atoms with Gasteiger partial charge in [-0.25, -0.2) is 4.68 Å². The molecule has 0 bridgehead atoms. The summed E-state index contributed by atoms with van der Waals surface area (Å²) in [5.41, 5.74) is 0.0417. The maximum Gasteiger partial charge on any atom is 0.303 e. The summed E-state index contributed by atoms with van der Waals surface area (Å²) in [7, 11) is 1.50. The third-order valence-corrected chi connectivity index (χ3v) is 2.33. The molecule has 0 aliphatic rings. The lowest BCUT2D eigenvalue weighted by Crippen LogP contribution is -2.21. The molecule has 16 heavy (non-hydrogen) atoms. The number of anilines is 1. The first kappa shape index (κ1) is 12.5. The largest absolute Gasteiger partial charge is 0.481 e. The number of aryl methyl sites for hydroxylation is 1. The molecule has 1 aromatic heterocycles. The first-order valence-corrected chi connectivity index (χ1v) is 5.07. The monoisotopic (exact) mass is 245 g/mol. The summed E-state index contributed by atoms with van der Waals surface area (Å²) < 4.78 is 1.13. The highest BCUT2D eigenvalue weighted by molar-refractivity contribution is 6.32. The van der Waals surface area contributed by atoms with Crippen molar-refractivity contribution in [2.75, 3.05) is 11.9 Å². The number of carboxylic acid groups (broad SMARTS) is 1. The first-order valence-electron chi connectivity index (χ1n) is 4.70. The van der Waals surface area contributed by atoms with E-state index >= 15 is 0 Å². The number of hydrogen-bond donors (Lipinski definition) is 2. The molecule has 0 saturated heterocycles. The van der Waals surface area contributed by atoms with Crippen LogP contribution in [0.5, 0.6) is 0 Å². The number of hydrogen-bond acceptors (Lipinski definition) is 4. The zero-order valence-corrected chi connectivity index (χ0v) is 9.49. The van der Waals surface area contributed by atoms with Gasteiger partial charge in [-0.05, 0) is 6.42 Å². The van der Waals surface area contributed by atoms with E-state index in [0.717, 1.165) is 4.68 Å². The van der Waals surface area contributed by atoms with E-state index in [1.54, 1.807) is 0 Å². The molecule has 0 saturated carbocycles. The number of carbonyl (C=O) groups is 1. The summed E-state index contributed by atoms with van der Waals surface area (Å²) in [5, 5.41) is 15.1. The molecule has 1 aromatic rings. The predicted molar refractivity (Wildman–Crippen MR) is 59.8 cm³/mol. The quantitative estimate of drug-likeness (QED) is 0.747. The second-order valence-electron chi connectivity index (χ2n) is 3.23. The molecule has 0 amide bonds. The third kappa shape index (κ3) is 3.23. The van der Waals surface area contributed by atoms with Crippen LogP contribution in [0.2, 0.25) is 5.02 Å². The number of rotatable bonds is 5. The molecule has 0 fully saturated rings. The number of halogens is 1. The average molecular weight is 246 g/mol. The van der Waals surface area contributed by atoms with Crippen molar-refractivity contribution >= 4 is 23.3 Å². The van der Waals surface area contributed by atoms with E-state index in [9.17, 15) is 9.59 Å². The smallest absolute Gasteiger partial charge is 0.303 e. The Bertz CT molecular complexity index is 444. The van der Waals surface area contributed by atoms with Crippen LogP contribution in [0.25, 0.3) is 0 Å². The number of carboxylic acids is 1. The average Bonchev–Trinajstić information content (AvgIpc) is 2.23. The van der Waals surface area contributed by atoms with Crippen LogP contribution in [0.3, 0.4) is 0 Å². The van der Waals surface area contributed by atoms with Crippen molar-refractivity contribution < 1.29 is 9.90 Å². The van der Waals surface area contributed by atoms with Crippen LogP contribution in [-0.4, -0.2) is 27.4 Å². The van der Waals surface area contributed by atoms with E-state index in [1.165, 1.54) is 13.2 Å². The molecule has 0 unspecified atom stereocenters. The molecule has 0 spiro atoms. The Balaban J connectivity index is 2.58. The SMILES string of the molecule is Cn1ncc(NCCCC(=O)O)c(Cl)c1=O. The fourth-order valence-corrected chi connectivity index (χ4v) is 1.33. The predicted octanol–water partition coefficient (Wildman–Crippen LogP) is 0.710. The molecular weight excluding hydrogens is 234 g/mol. The minimum atomic E-state index is -0.852. The lowest BCUT2D eigenvalue weighted by atomic mass is 10.3. The number of aromatic nitrogens is 2. The number of aliphatic carboxylic acids is 1. The molecule has 2 N–H and O–H groups in total. The molecule has 0 atom stereocenters. The van der Waals surface area contributed by atoms with E-state index in [1.807, 2.05) is 0 Å². The Morgan fingerprint density at radius 1 is 1.69 bits per heavy atom. The van der Waals surface area contributed by atoms with Gasteiger partial charge in [0, 0.05) is 20.0 Å². The highest BCUT2D eigenvalue weighted by atomic mass is 35.5. The Hall–Kier alpha value is -1.56. The maximum absolute atomic E-state index is 11.4. The van der Waals surface area contributed by atoms with Gasteiger partial charge in [0.05, 0.1) is 11.9 Å². The lowest BCUT2D eigenvalue weighted by Gasteiger charge is -2.07. The van der Waals surface area contributed by atoms with Gasteiger partial charge >= 0.3 is 5.97 Å².